The lowest BCUT2D eigenvalue weighted by atomic mass is 9.37. The normalized spacial score (nSPS) is 42.7. The Morgan fingerprint density at radius 3 is 2.72 bits per heavy atom. The molecule has 5 atom stereocenters. The predicted molar refractivity (Wildman–Crippen MR) is 109 cm³/mol. The number of allylic oxidation sites excluding steroid dienone is 1. The van der Waals surface area contributed by atoms with Crippen LogP contribution in [0.2, 0.25) is 0 Å². The minimum Gasteiger partial charge on any atom is -0.462 e. The van der Waals surface area contributed by atoms with Gasteiger partial charge in [0.1, 0.15) is 12.7 Å². The first kappa shape index (κ1) is 20.6. The predicted octanol–water partition coefficient (Wildman–Crippen LogP) is 4.10. The summed E-state index contributed by atoms with van der Waals surface area (Å²) in [4.78, 5) is 23.4. The first-order valence-electron chi connectivity index (χ1n) is 11.0. The van der Waals surface area contributed by atoms with Gasteiger partial charge >= 0.3 is 11.9 Å². The van der Waals surface area contributed by atoms with Crippen LogP contribution in [-0.2, 0) is 19.1 Å². The standard InChI is InChI=1S/C24H34O5/c1-16(25)29-18-14-22(4)9-6-11-23(10-5-8-21(2,3)20(18)23)24(22,27)12-7-17-13-19(26)28-15-17/h6,9,13,18,20,27H,5,7-8,10-12,14-15H2,1-4H3/t18-,20+,22+,23-,24-/m1/s1. The molecular weight excluding hydrogens is 368 g/mol. The Labute approximate surface area is 173 Å². The van der Waals surface area contributed by atoms with Gasteiger partial charge in [0.25, 0.3) is 0 Å². The average molecular weight is 403 g/mol. The van der Waals surface area contributed by atoms with Gasteiger partial charge in [-0.05, 0) is 49.5 Å². The largest absolute Gasteiger partial charge is 0.462 e. The summed E-state index contributed by atoms with van der Waals surface area (Å²) >= 11 is 0. The van der Waals surface area contributed by atoms with Crippen LogP contribution in [0.25, 0.3) is 0 Å². The first-order chi connectivity index (χ1) is 13.5. The fraction of sp³-hybridized carbons (Fsp3) is 0.750. The summed E-state index contributed by atoms with van der Waals surface area (Å²) in [6.45, 7) is 8.47. The van der Waals surface area contributed by atoms with Crippen molar-refractivity contribution in [3.8, 4) is 0 Å². The number of esters is 2. The average Bonchev–Trinajstić information content (AvgIpc) is 3.00. The van der Waals surface area contributed by atoms with E-state index in [0.717, 1.165) is 31.3 Å². The monoisotopic (exact) mass is 402 g/mol. The highest BCUT2D eigenvalue weighted by Crippen LogP contribution is 2.71. The van der Waals surface area contributed by atoms with Crippen LogP contribution in [0, 0.1) is 22.2 Å². The molecule has 0 aromatic heterocycles. The van der Waals surface area contributed by atoms with Gasteiger partial charge in [-0.25, -0.2) is 4.79 Å². The van der Waals surface area contributed by atoms with Crippen molar-refractivity contribution in [2.45, 2.75) is 84.3 Å². The Balaban J connectivity index is 1.77. The maximum absolute atomic E-state index is 12.5. The molecule has 1 N–H and O–H groups in total. The Bertz CT molecular complexity index is 780. The van der Waals surface area contributed by atoms with Gasteiger partial charge < -0.3 is 14.6 Å². The minimum absolute atomic E-state index is 0.0233. The highest BCUT2D eigenvalue weighted by Gasteiger charge is 2.71. The van der Waals surface area contributed by atoms with Crippen LogP contribution in [0.4, 0.5) is 0 Å². The van der Waals surface area contributed by atoms with Crippen molar-refractivity contribution in [3.05, 3.63) is 23.8 Å². The smallest absolute Gasteiger partial charge is 0.331 e. The van der Waals surface area contributed by atoms with Crippen LogP contribution < -0.4 is 0 Å². The number of carbonyl (C=O) groups is 2. The molecule has 0 unspecified atom stereocenters. The number of ether oxygens (including phenoxy) is 2. The van der Waals surface area contributed by atoms with Crippen LogP contribution in [0.1, 0.15) is 72.6 Å². The highest BCUT2D eigenvalue weighted by atomic mass is 16.5. The third kappa shape index (κ3) is 2.99. The number of carbonyl (C=O) groups excluding carboxylic acids is 2. The Morgan fingerprint density at radius 1 is 1.31 bits per heavy atom. The second kappa shape index (κ2) is 6.69. The van der Waals surface area contributed by atoms with Crippen LogP contribution in [0.15, 0.2) is 23.8 Å². The van der Waals surface area contributed by atoms with Gasteiger partial charge in [-0.3, -0.25) is 4.79 Å². The quantitative estimate of drug-likeness (QED) is 0.566. The molecule has 0 saturated heterocycles. The number of hydrogen-bond acceptors (Lipinski definition) is 5. The molecule has 5 nitrogen and oxygen atoms in total. The zero-order chi connectivity index (χ0) is 21.1. The van der Waals surface area contributed by atoms with E-state index < -0.39 is 11.0 Å². The summed E-state index contributed by atoms with van der Waals surface area (Å²) in [6.07, 6.45) is 11.5. The van der Waals surface area contributed by atoms with Gasteiger partial charge in [-0.2, -0.15) is 0 Å². The van der Waals surface area contributed by atoms with E-state index >= 15 is 0 Å². The molecule has 2 fully saturated rings. The third-order valence-corrected chi connectivity index (χ3v) is 8.46. The van der Waals surface area contributed by atoms with E-state index in [4.69, 9.17) is 9.47 Å². The lowest BCUT2D eigenvalue weighted by molar-refractivity contribution is -0.278. The van der Waals surface area contributed by atoms with Crippen molar-refractivity contribution in [3.63, 3.8) is 0 Å². The molecule has 1 spiro atoms. The molecular formula is C24H34O5. The molecule has 29 heavy (non-hydrogen) atoms. The molecule has 1 heterocycles. The number of fused-ring (bicyclic) bond motifs is 1. The molecule has 2 saturated carbocycles. The lowest BCUT2D eigenvalue weighted by Crippen LogP contribution is -2.72. The van der Waals surface area contributed by atoms with Gasteiger partial charge in [0.2, 0.25) is 0 Å². The lowest BCUT2D eigenvalue weighted by Gasteiger charge is -2.70. The van der Waals surface area contributed by atoms with Gasteiger partial charge in [-0.15, -0.1) is 0 Å². The van der Waals surface area contributed by atoms with Crippen molar-refractivity contribution >= 4 is 11.9 Å². The van der Waals surface area contributed by atoms with Gasteiger partial charge in [0.05, 0.1) is 5.60 Å². The summed E-state index contributed by atoms with van der Waals surface area (Å²) < 4.78 is 11.0. The van der Waals surface area contributed by atoms with Gasteiger partial charge in [-0.1, -0.05) is 39.3 Å². The molecule has 0 amide bonds. The molecule has 3 aliphatic carbocycles. The van der Waals surface area contributed by atoms with Crippen LogP contribution in [-0.4, -0.2) is 35.4 Å². The Hall–Kier alpha value is -1.62. The Morgan fingerprint density at radius 2 is 2.07 bits per heavy atom. The first-order valence-corrected chi connectivity index (χ1v) is 11.0. The maximum atomic E-state index is 12.5. The molecule has 4 aliphatic rings. The molecule has 0 aromatic carbocycles. The van der Waals surface area contributed by atoms with E-state index in [9.17, 15) is 14.7 Å². The van der Waals surface area contributed by atoms with E-state index in [1.54, 1.807) is 6.08 Å². The van der Waals surface area contributed by atoms with Gasteiger partial charge in [0, 0.05) is 29.7 Å². The molecule has 5 heteroatoms. The van der Waals surface area contributed by atoms with Crippen molar-refractivity contribution in [2.24, 2.45) is 22.2 Å². The fourth-order valence-electron chi connectivity index (χ4n) is 7.40. The van der Waals surface area contributed by atoms with Gasteiger partial charge in [0.15, 0.2) is 0 Å². The summed E-state index contributed by atoms with van der Waals surface area (Å²) in [6, 6.07) is 0. The summed E-state index contributed by atoms with van der Waals surface area (Å²) in [5.74, 6) is -0.424. The zero-order valence-electron chi connectivity index (χ0n) is 18.1. The Kier molecular flexibility index (Phi) is 4.77. The van der Waals surface area contributed by atoms with Crippen LogP contribution in [0.3, 0.4) is 0 Å². The fourth-order valence-corrected chi connectivity index (χ4v) is 7.40. The second-order valence-electron chi connectivity index (χ2n) is 10.6. The number of aliphatic hydroxyl groups is 1. The maximum Gasteiger partial charge on any atom is 0.331 e. The molecule has 0 radical (unpaired) electrons. The van der Waals surface area contributed by atoms with Crippen molar-refractivity contribution in [1.82, 2.24) is 0 Å². The molecule has 0 aromatic rings. The van der Waals surface area contributed by atoms with Crippen LogP contribution >= 0.6 is 0 Å². The van der Waals surface area contributed by atoms with E-state index in [1.165, 1.54) is 6.92 Å². The number of rotatable bonds is 4. The molecule has 2 bridgehead atoms. The third-order valence-electron chi connectivity index (χ3n) is 8.46. The van der Waals surface area contributed by atoms with Crippen LogP contribution in [0.5, 0.6) is 0 Å². The van der Waals surface area contributed by atoms with Crippen molar-refractivity contribution in [1.29, 1.82) is 0 Å². The summed E-state index contributed by atoms with van der Waals surface area (Å²) in [5.41, 5.74) is -0.788. The highest BCUT2D eigenvalue weighted by molar-refractivity contribution is 5.85. The second-order valence-corrected chi connectivity index (χ2v) is 10.6. The molecule has 160 valence electrons. The number of hydrogen-bond donors (Lipinski definition) is 1. The molecule has 1 aliphatic heterocycles. The minimum atomic E-state index is -0.916. The summed E-state index contributed by atoms with van der Waals surface area (Å²) in [5, 5.41) is 12.5. The van der Waals surface area contributed by atoms with E-state index in [-0.39, 0.29) is 34.8 Å². The molecule has 4 rings (SSSR count). The van der Waals surface area contributed by atoms with Crippen molar-refractivity contribution < 1.29 is 24.2 Å². The SMILES string of the molecule is CC(=O)O[C@@H]1C[C@]2(C)C=CC[C@@]3(CCCC(C)(C)[C@H]13)[C@@]2(O)CCC1=CC(=O)OC1. The van der Waals surface area contributed by atoms with Crippen molar-refractivity contribution in [2.75, 3.05) is 6.61 Å². The van der Waals surface area contributed by atoms with E-state index in [0.29, 0.717) is 25.9 Å². The zero-order valence-corrected chi connectivity index (χ0v) is 18.1. The van der Waals surface area contributed by atoms with E-state index in [1.807, 2.05) is 0 Å². The number of cyclic esters (lactones) is 1. The van der Waals surface area contributed by atoms with E-state index in [2.05, 4.69) is 32.9 Å². The topological polar surface area (TPSA) is 72.8 Å². The summed E-state index contributed by atoms with van der Waals surface area (Å²) in [7, 11) is 0.